The van der Waals surface area contributed by atoms with Gasteiger partial charge in [0.2, 0.25) is 17.7 Å². The maximum atomic E-state index is 12.6. The average molecular weight is 412 g/mol. The van der Waals surface area contributed by atoms with Crippen LogP contribution < -0.4 is 5.32 Å². The Morgan fingerprint density at radius 1 is 1.21 bits per heavy atom. The zero-order valence-corrected chi connectivity index (χ0v) is 15.1. The van der Waals surface area contributed by atoms with E-state index in [1.54, 1.807) is 18.2 Å². The van der Waals surface area contributed by atoms with Crippen molar-refractivity contribution in [2.45, 2.75) is 19.3 Å². The van der Waals surface area contributed by atoms with Crippen LogP contribution in [0.5, 0.6) is 0 Å². The lowest BCUT2D eigenvalue weighted by Gasteiger charge is -2.19. The molecule has 0 spiro atoms. The highest BCUT2D eigenvalue weighted by Crippen LogP contribution is 2.56. The second-order valence-electron chi connectivity index (χ2n) is 6.82. The number of nitrogens with zero attached hydrogens (tertiary/aromatic N) is 1. The van der Waals surface area contributed by atoms with Crippen LogP contribution in [0, 0.1) is 23.7 Å². The van der Waals surface area contributed by atoms with Gasteiger partial charge < -0.3 is 5.32 Å². The van der Waals surface area contributed by atoms with E-state index in [1.165, 1.54) is 0 Å². The maximum absolute atomic E-state index is 12.6. The fourth-order valence-corrected chi connectivity index (χ4v) is 4.97. The second kappa shape index (κ2) is 5.85. The van der Waals surface area contributed by atoms with Gasteiger partial charge in [-0.15, -0.1) is 0 Å². The van der Waals surface area contributed by atoms with Crippen molar-refractivity contribution in [2.75, 3.05) is 11.9 Å². The van der Waals surface area contributed by atoms with Crippen molar-refractivity contribution < 1.29 is 14.4 Å². The topological polar surface area (TPSA) is 66.5 Å². The molecule has 0 aromatic heterocycles. The zero-order valence-electron chi connectivity index (χ0n) is 12.8. The number of carbonyl (C=O) groups is 3. The van der Waals surface area contributed by atoms with Crippen LogP contribution in [0.3, 0.4) is 0 Å². The molecular formula is C17H16BrClN2O3. The van der Waals surface area contributed by atoms with E-state index < -0.39 is 0 Å². The molecule has 1 heterocycles. The Hall–Kier alpha value is -1.40. The van der Waals surface area contributed by atoms with Gasteiger partial charge in [0.1, 0.15) is 6.54 Å². The first-order valence-corrected chi connectivity index (χ1v) is 9.23. The van der Waals surface area contributed by atoms with Gasteiger partial charge in [-0.05, 0) is 65.2 Å². The minimum atomic E-state index is -0.387. The zero-order chi connectivity index (χ0) is 17.0. The molecule has 3 amide bonds. The molecule has 2 aliphatic carbocycles. The van der Waals surface area contributed by atoms with Crippen molar-refractivity contribution in [1.29, 1.82) is 0 Å². The summed E-state index contributed by atoms with van der Waals surface area (Å²) in [7, 11) is 0. The summed E-state index contributed by atoms with van der Waals surface area (Å²) < 4.78 is 0.732. The summed E-state index contributed by atoms with van der Waals surface area (Å²) in [6, 6.07) is 5.05. The maximum Gasteiger partial charge on any atom is 0.244 e. The Morgan fingerprint density at radius 3 is 2.42 bits per heavy atom. The Kier molecular flexibility index (Phi) is 3.92. The van der Waals surface area contributed by atoms with Gasteiger partial charge in [-0.3, -0.25) is 19.3 Å². The van der Waals surface area contributed by atoms with E-state index in [0.717, 1.165) is 28.6 Å². The van der Waals surface area contributed by atoms with Crippen LogP contribution in [0.1, 0.15) is 19.3 Å². The molecule has 0 unspecified atom stereocenters. The lowest BCUT2D eigenvalue weighted by Crippen LogP contribution is -2.39. The monoisotopic (exact) mass is 410 g/mol. The SMILES string of the molecule is O=C(CN1C(=O)[C@H]2[C@@H]3CC[C@H](C3)[C@@H]2C1=O)Nc1ccc(Br)c(Cl)c1. The number of benzene rings is 1. The first-order chi connectivity index (χ1) is 11.5. The van der Waals surface area contributed by atoms with Crippen molar-refractivity contribution in [1.82, 2.24) is 4.90 Å². The molecule has 4 rings (SSSR count). The predicted molar refractivity (Wildman–Crippen MR) is 92.3 cm³/mol. The summed E-state index contributed by atoms with van der Waals surface area (Å²) in [5.41, 5.74) is 0.535. The molecule has 1 aromatic rings. The fourth-order valence-electron chi connectivity index (χ4n) is 4.54. The molecule has 1 aromatic carbocycles. The predicted octanol–water partition coefficient (Wildman–Crippen LogP) is 3.07. The van der Waals surface area contributed by atoms with Crippen molar-refractivity contribution in [3.63, 3.8) is 0 Å². The molecule has 2 bridgehead atoms. The number of imide groups is 1. The number of hydrogen-bond donors (Lipinski definition) is 1. The smallest absolute Gasteiger partial charge is 0.244 e. The second-order valence-corrected chi connectivity index (χ2v) is 8.09. The molecule has 5 nitrogen and oxygen atoms in total. The number of hydrogen-bond acceptors (Lipinski definition) is 3. The van der Waals surface area contributed by atoms with Crippen LogP contribution in [-0.2, 0) is 14.4 Å². The Labute approximate surface area is 152 Å². The number of nitrogens with one attached hydrogen (secondary N) is 1. The molecule has 4 atom stereocenters. The summed E-state index contributed by atoms with van der Waals surface area (Å²) in [6.45, 7) is -0.224. The highest BCUT2D eigenvalue weighted by molar-refractivity contribution is 9.10. The first-order valence-electron chi connectivity index (χ1n) is 8.06. The van der Waals surface area contributed by atoms with E-state index in [1.807, 2.05) is 0 Å². The van der Waals surface area contributed by atoms with Gasteiger partial charge in [-0.2, -0.15) is 0 Å². The van der Waals surface area contributed by atoms with Crippen LogP contribution in [0.25, 0.3) is 0 Å². The van der Waals surface area contributed by atoms with Crippen LogP contribution >= 0.6 is 27.5 Å². The molecule has 126 valence electrons. The van der Waals surface area contributed by atoms with Crippen LogP contribution in [0.15, 0.2) is 22.7 Å². The fraction of sp³-hybridized carbons (Fsp3) is 0.471. The summed E-state index contributed by atoms with van der Waals surface area (Å²) in [5, 5.41) is 3.17. The normalized spacial score (nSPS) is 30.8. The molecule has 1 saturated heterocycles. The highest BCUT2D eigenvalue weighted by atomic mass is 79.9. The molecule has 24 heavy (non-hydrogen) atoms. The Bertz CT molecular complexity index is 725. The van der Waals surface area contributed by atoms with Gasteiger partial charge in [0, 0.05) is 10.2 Å². The third kappa shape index (κ3) is 2.47. The molecule has 3 fully saturated rings. The molecule has 1 aliphatic heterocycles. The third-order valence-electron chi connectivity index (χ3n) is 5.52. The average Bonchev–Trinajstić information content (AvgIpc) is 3.21. The molecule has 2 saturated carbocycles. The third-order valence-corrected chi connectivity index (χ3v) is 6.76. The summed E-state index contributed by atoms with van der Waals surface area (Å²) in [4.78, 5) is 38.5. The van der Waals surface area contributed by atoms with E-state index in [-0.39, 0.29) is 36.1 Å². The van der Waals surface area contributed by atoms with Crippen molar-refractivity contribution in [2.24, 2.45) is 23.7 Å². The van der Waals surface area contributed by atoms with Crippen molar-refractivity contribution in [3.05, 3.63) is 27.7 Å². The molecule has 3 aliphatic rings. The Morgan fingerprint density at radius 2 is 1.83 bits per heavy atom. The molecule has 1 N–H and O–H groups in total. The number of halogens is 2. The van der Waals surface area contributed by atoms with Gasteiger partial charge in [0.05, 0.1) is 16.9 Å². The molecule has 0 radical (unpaired) electrons. The summed E-state index contributed by atoms with van der Waals surface area (Å²) >= 11 is 9.29. The van der Waals surface area contributed by atoms with Gasteiger partial charge in [0.15, 0.2) is 0 Å². The standard InChI is InChI=1S/C17H16BrClN2O3/c18-11-4-3-10(6-12(11)19)20-13(22)7-21-16(23)14-8-1-2-9(5-8)15(14)17(21)24/h3-4,6,8-9,14-15H,1-2,5,7H2,(H,20,22)/t8-,9-,14+,15+/m1/s1. The van der Waals surface area contributed by atoms with Gasteiger partial charge in [-0.1, -0.05) is 11.6 Å². The van der Waals surface area contributed by atoms with Gasteiger partial charge in [0.25, 0.3) is 0 Å². The lowest BCUT2D eigenvalue weighted by atomic mass is 9.81. The number of rotatable bonds is 3. The lowest BCUT2D eigenvalue weighted by molar-refractivity contribution is -0.143. The number of amides is 3. The van der Waals surface area contributed by atoms with Crippen molar-refractivity contribution in [3.8, 4) is 0 Å². The van der Waals surface area contributed by atoms with Crippen LogP contribution in [0.4, 0.5) is 5.69 Å². The van der Waals surface area contributed by atoms with Crippen molar-refractivity contribution >= 4 is 50.9 Å². The number of anilines is 1. The van der Waals surface area contributed by atoms with E-state index in [2.05, 4.69) is 21.2 Å². The van der Waals surface area contributed by atoms with Crippen LogP contribution in [-0.4, -0.2) is 29.2 Å². The summed E-state index contributed by atoms with van der Waals surface area (Å²) in [5.74, 6) is -0.438. The largest absolute Gasteiger partial charge is 0.324 e. The van der Waals surface area contributed by atoms with Crippen LogP contribution in [0.2, 0.25) is 5.02 Å². The number of fused-ring (bicyclic) bond motifs is 5. The van der Waals surface area contributed by atoms with E-state index in [9.17, 15) is 14.4 Å². The van der Waals surface area contributed by atoms with Gasteiger partial charge >= 0.3 is 0 Å². The van der Waals surface area contributed by atoms with E-state index in [0.29, 0.717) is 22.5 Å². The van der Waals surface area contributed by atoms with E-state index >= 15 is 0 Å². The van der Waals surface area contributed by atoms with Gasteiger partial charge in [-0.25, -0.2) is 0 Å². The molecule has 7 heteroatoms. The first kappa shape index (κ1) is 16.1. The quantitative estimate of drug-likeness (QED) is 0.777. The number of carbonyl (C=O) groups excluding carboxylic acids is 3. The highest BCUT2D eigenvalue weighted by Gasteiger charge is 2.60. The minimum absolute atomic E-state index is 0.166. The minimum Gasteiger partial charge on any atom is -0.324 e. The summed E-state index contributed by atoms with van der Waals surface area (Å²) in [6.07, 6.45) is 3.05. The number of likely N-dealkylation sites (tertiary alicyclic amines) is 1. The molecular weight excluding hydrogens is 396 g/mol. The Balaban J connectivity index is 1.45. The van der Waals surface area contributed by atoms with E-state index in [4.69, 9.17) is 11.6 Å².